The molecule has 1 aliphatic heterocycles. The van der Waals surface area contributed by atoms with Gasteiger partial charge in [0.1, 0.15) is 0 Å². The highest BCUT2D eigenvalue weighted by atomic mass is 35.5. The molecule has 0 radical (unpaired) electrons. The van der Waals surface area contributed by atoms with Crippen LogP contribution in [0.3, 0.4) is 0 Å². The number of rotatable bonds is 3. The van der Waals surface area contributed by atoms with Crippen molar-refractivity contribution in [3.8, 4) is 0 Å². The lowest BCUT2D eigenvalue weighted by Crippen LogP contribution is -2.15. The van der Waals surface area contributed by atoms with E-state index in [4.69, 9.17) is 16.3 Å². The molecule has 2 rings (SSSR count). The summed E-state index contributed by atoms with van der Waals surface area (Å²) in [7, 11) is 0. The van der Waals surface area contributed by atoms with Gasteiger partial charge in [-0.05, 0) is 12.8 Å². The minimum Gasteiger partial charge on any atom is -0.376 e. The van der Waals surface area contributed by atoms with Gasteiger partial charge in [0.2, 0.25) is 0 Å². The molecule has 4 heteroatoms. The van der Waals surface area contributed by atoms with Crippen molar-refractivity contribution in [1.82, 2.24) is 9.55 Å². The van der Waals surface area contributed by atoms with E-state index in [1.807, 2.05) is 12.5 Å². The number of halogens is 1. The average Bonchev–Trinajstić information content (AvgIpc) is 2.76. The van der Waals surface area contributed by atoms with E-state index in [1.54, 1.807) is 0 Å². The van der Waals surface area contributed by atoms with Crippen molar-refractivity contribution in [2.75, 3.05) is 6.61 Å². The highest BCUT2D eigenvalue weighted by Crippen LogP contribution is 2.15. The molecule has 0 aliphatic carbocycles. The van der Waals surface area contributed by atoms with E-state index in [-0.39, 0.29) is 0 Å². The van der Waals surface area contributed by atoms with Crippen molar-refractivity contribution >= 4 is 11.6 Å². The number of hydrogen-bond acceptors (Lipinski definition) is 2. The van der Waals surface area contributed by atoms with E-state index in [0.29, 0.717) is 12.0 Å². The van der Waals surface area contributed by atoms with Crippen LogP contribution in [0.15, 0.2) is 12.5 Å². The van der Waals surface area contributed by atoms with Gasteiger partial charge in [0.05, 0.1) is 30.5 Å². The van der Waals surface area contributed by atoms with E-state index < -0.39 is 0 Å². The highest BCUT2D eigenvalue weighted by molar-refractivity contribution is 6.16. The summed E-state index contributed by atoms with van der Waals surface area (Å²) in [6, 6.07) is 0. The van der Waals surface area contributed by atoms with Crippen LogP contribution < -0.4 is 0 Å². The number of alkyl halides is 1. The number of aromatic nitrogens is 2. The molecular formula is C9H13ClN2O. The molecule has 1 atom stereocenters. The lowest BCUT2D eigenvalue weighted by molar-refractivity contribution is 0.0965. The van der Waals surface area contributed by atoms with Crippen molar-refractivity contribution in [3.05, 3.63) is 18.2 Å². The Morgan fingerprint density at radius 1 is 1.69 bits per heavy atom. The maximum absolute atomic E-state index is 5.76. The summed E-state index contributed by atoms with van der Waals surface area (Å²) >= 11 is 5.76. The van der Waals surface area contributed by atoms with Gasteiger partial charge in [0.15, 0.2) is 0 Å². The van der Waals surface area contributed by atoms with E-state index in [0.717, 1.165) is 25.3 Å². The molecule has 3 nitrogen and oxygen atoms in total. The van der Waals surface area contributed by atoms with Gasteiger partial charge in [-0.25, -0.2) is 4.98 Å². The maximum Gasteiger partial charge on any atom is 0.0949 e. The van der Waals surface area contributed by atoms with Crippen molar-refractivity contribution in [3.63, 3.8) is 0 Å². The summed E-state index contributed by atoms with van der Waals surface area (Å²) in [6.45, 7) is 1.79. The summed E-state index contributed by atoms with van der Waals surface area (Å²) < 4.78 is 7.61. The number of imidazole rings is 1. The molecule has 1 unspecified atom stereocenters. The fraction of sp³-hybridized carbons (Fsp3) is 0.667. The Labute approximate surface area is 82.7 Å². The van der Waals surface area contributed by atoms with Crippen LogP contribution in [0.25, 0.3) is 0 Å². The van der Waals surface area contributed by atoms with Crippen LogP contribution in [-0.2, 0) is 17.2 Å². The monoisotopic (exact) mass is 200 g/mol. The van der Waals surface area contributed by atoms with Crippen molar-refractivity contribution in [1.29, 1.82) is 0 Å². The second-order valence-corrected chi connectivity index (χ2v) is 3.57. The molecule has 0 amide bonds. The molecule has 2 heterocycles. The molecule has 1 aliphatic rings. The highest BCUT2D eigenvalue weighted by Gasteiger charge is 2.16. The third-order valence-electron chi connectivity index (χ3n) is 2.36. The van der Waals surface area contributed by atoms with Crippen LogP contribution >= 0.6 is 11.6 Å². The zero-order valence-corrected chi connectivity index (χ0v) is 8.20. The van der Waals surface area contributed by atoms with Gasteiger partial charge < -0.3 is 9.30 Å². The van der Waals surface area contributed by atoms with Crippen molar-refractivity contribution < 1.29 is 4.74 Å². The topological polar surface area (TPSA) is 27.1 Å². The molecule has 0 spiro atoms. The van der Waals surface area contributed by atoms with Gasteiger partial charge in [-0.2, -0.15) is 0 Å². The first-order valence-corrected chi connectivity index (χ1v) is 5.10. The fourth-order valence-electron chi connectivity index (χ4n) is 1.63. The van der Waals surface area contributed by atoms with Crippen LogP contribution in [0.4, 0.5) is 0 Å². The van der Waals surface area contributed by atoms with Crippen molar-refractivity contribution in [2.24, 2.45) is 0 Å². The summed E-state index contributed by atoms with van der Waals surface area (Å²) in [6.07, 6.45) is 6.31. The Morgan fingerprint density at radius 2 is 2.62 bits per heavy atom. The first kappa shape index (κ1) is 9.03. The van der Waals surface area contributed by atoms with Gasteiger partial charge in [0.25, 0.3) is 0 Å². The largest absolute Gasteiger partial charge is 0.376 e. The summed E-state index contributed by atoms with van der Waals surface area (Å²) in [5.74, 6) is 0.521. The summed E-state index contributed by atoms with van der Waals surface area (Å²) in [5.41, 5.74) is 1.07. The minimum absolute atomic E-state index is 0.358. The summed E-state index contributed by atoms with van der Waals surface area (Å²) in [4.78, 5) is 4.06. The Bertz CT molecular complexity index is 268. The Balaban J connectivity index is 1.99. The van der Waals surface area contributed by atoms with E-state index in [9.17, 15) is 0 Å². The lowest BCUT2D eigenvalue weighted by atomic mass is 10.2. The molecule has 72 valence electrons. The third kappa shape index (κ3) is 2.03. The molecule has 0 N–H and O–H groups in total. The SMILES string of the molecule is ClCc1cncn1CC1CCCO1. The fourth-order valence-corrected chi connectivity index (χ4v) is 1.85. The Morgan fingerprint density at radius 3 is 3.31 bits per heavy atom. The second-order valence-electron chi connectivity index (χ2n) is 3.31. The van der Waals surface area contributed by atoms with Crippen LogP contribution in [0.2, 0.25) is 0 Å². The van der Waals surface area contributed by atoms with Gasteiger partial charge in [-0.1, -0.05) is 0 Å². The van der Waals surface area contributed by atoms with E-state index in [2.05, 4.69) is 9.55 Å². The van der Waals surface area contributed by atoms with Crippen LogP contribution in [-0.4, -0.2) is 22.3 Å². The Hall–Kier alpha value is -0.540. The molecule has 1 aromatic heterocycles. The molecule has 1 aromatic rings. The van der Waals surface area contributed by atoms with Gasteiger partial charge >= 0.3 is 0 Å². The summed E-state index contributed by atoms with van der Waals surface area (Å²) in [5, 5.41) is 0. The Kier molecular flexibility index (Phi) is 2.86. The maximum atomic E-state index is 5.76. The van der Waals surface area contributed by atoms with Gasteiger partial charge in [-0.3, -0.25) is 0 Å². The number of nitrogens with zero attached hydrogens (tertiary/aromatic N) is 2. The normalized spacial score (nSPS) is 22.4. The predicted octanol–water partition coefficient (Wildman–Crippen LogP) is 1.80. The first-order valence-electron chi connectivity index (χ1n) is 4.56. The lowest BCUT2D eigenvalue weighted by Gasteiger charge is -2.11. The van der Waals surface area contributed by atoms with Gasteiger partial charge in [0, 0.05) is 12.8 Å². The molecule has 0 bridgehead atoms. The van der Waals surface area contributed by atoms with Crippen LogP contribution in [0.5, 0.6) is 0 Å². The number of hydrogen-bond donors (Lipinski definition) is 0. The minimum atomic E-state index is 0.358. The predicted molar refractivity (Wildman–Crippen MR) is 50.8 cm³/mol. The molecule has 0 aromatic carbocycles. The van der Waals surface area contributed by atoms with Crippen LogP contribution in [0, 0.1) is 0 Å². The third-order valence-corrected chi connectivity index (χ3v) is 2.63. The first-order chi connectivity index (χ1) is 6.40. The smallest absolute Gasteiger partial charge is 0.0949 e. The molecule has 1 fully saturated rings. The van der Waals surface area contributed by atoms with Crippen molar-refractivity contribution in [2.45, 2.75) is 31.4 Å². The van der Waals surface area contributed by atoms with Crippen LogP contribution in [0.1, 0.15) is 18.5 Å². The molecule has 1 saturated heterocycles. The van der Waals surface area contributed by atoms with E-state index >= 15 is 0 Å². The standard InChI is InChI=1S/C9H13ClN2O/c10-4-8-5-11-7-12(8)6-9-2-1-3-13-9/h5,7,9H,1-4,6H2. The number of ether oxygens (including phenoxy) is 1. The van der Waals surface area contributed by atoms with E-state index in [1.165, 1.54) is 6.42 Å². The molecular weight excluding hydrogens is 188 g/mol. The molecule has 0 saturated carbocycles. The quantitative estimate of drug-likeness (QED) is 0.696. The zero-order chi connectivity index (χ0) is 9.10. The molecule has 13 heavy (non-hydrogen) atoms. The second kappa shape index (κ2) is 4.11. The van der Waals surface area contributed by atoms with Gasteiger partial charge in [-0.15, -0.1) is 11.6 Å². The average molecular weight is 201 g/mol. The zero-order valence-electron chi connectivity index (χ0n) is 7.45.